The predicted octanol–water partition coefficient (Wildman–Crippen LogP) is 7.19. The lowest BCUT2D eigenvalue weighted by molar-refractivity contribution is -0.150. The molecule has 5 heteroatoms. The van der Waals surface area contributed by atoms with E-state index in [2.05, 4.69) is 55.5 Å². The second kappa shape index (κ2) is 15.4. The lowest BCUT2D eigenvalue weighted by Crippen LogP contribution is -2.56. The van der Waals surface area contributed by atoms with E-state index in [1.807, 2.05) is 72.8 Å². The summed E-state index contributed by atoms with van der Waals surface area (Å²) in [5.41, 5.74) is 5.43. The van der Waals surface area contributed by atoms with E-state index in [1.165, 1.54) is 0 Å². The molecule has 5 nitrogen and oxygen atoms in total. The molecule has 41 heavy (non-hydrogen) atoms. The molecule has 0 aliphatic carbocycles. The van der Waals surface area contributed by atoms with Gasteiger partial charge in [0.05, 0.1) is 33.0 Å². The molecule has 1 heterocycles. The van der Waals surface area contributed by atoms with Gasteiger partial charge in [-0.1, -0.05) is 128 Å². The van der Waals surface area contributed by atoms with Crippen molar-refractivity contribution in [3.63, 3.8) is 0 Å². The van der Waals surface area contributed by atoms with E-state index in [0.29, 0.717) is 33.0 Å². The van der Waals surface area contributed by atoms with Crippen LogP contribution in [0, 0.1) is 0 Å². The minimum absolute atomic E-state index is 0.227. The lowest BCUT2D eigenvalue weighted by Gasteiger charge is -2.41. The molecule has 0 amide bonds. The SMILES string of the molecule is CCC1=NC(COCc2ccccc2)[C@@H](OCc2ccccc2)C(OCc2ccccc2)C1OCc1ccccc1. The maximum atomic E-state index is 6.71. The van der Waals surface area contributed by atoms with Crippen molar-refractivity contribution in [3.05, 3.63) is 144 Å². The van der Waals surface area contributed by atoms with Crippen LogP contribution >= 0.6 is 0 Å². The van der Waals surface area contributed by atoms with Crippen LogP contribution in [0.2, 0.25) is 0 Å². The molecule has 1 aliphatic heterocycles. The zero-order valence-corrected chi connectivity index (χ0v) is 23.7. The third-order valence-corrected chi connectivity index (χ3v) is 7.27. The Labute approximate surface area is 243 Å². The first-order valence-electron chi connectivity index (χ1n) is 14.4. The maximum absolute atomic E-state index is 6.71. The first kappa shape index (κ1) is 28.9. The third kappa shape index (κ3) is 8.44. The molecule has 0 N–H and O–H groups in total. The zero-order chi connectivity index (χ0) is 28.1. The average molecular weight is 550 g/mol. The van der Waals surface area contributed by atoms with Crippen LogP contribution in [0.1, 0.15) is 35.6 Å². The fourth-order valence-electron chi connectivity index (χ4n) is 5.11. The molecule has 0 spiro atoms. The van der Waals surface area contributed by atoms with Gasteiger partial charge in [-0.3, -0.25) is 4.99 Å². The summed E-state index contributed by atoms with van der Waals surface area (Å²) in [7, 11) is 0. The molecule has 0 radical (unpaired) electrons. The Bertz CT molecular complexity index is 1320. The topological polar surface area (TPSA) is 49.3 Å². The van der Waals surface area contributed by atoms with Crippen LogP contribution in [-0.4, -0.2) is 36.7 Å². The average Bonchev–Trinajstić information content (AvgIpc) is 3.04. The largest absolute Gasteiger partial charge is 0.374 e. The minimum atomic E-state index is -0.361. The maximum Gasteiger partial charge on any atom is 0.124 e. The van der Waals surface area contributed by atoms with Crippen LogP contribution in [-0.2, 0) is 45.4 Å². The van der Waals surface area contributed by atoms with Crippen LogP contribution in [0.4, 0.5) is 0 Å². The molecule has 4 atom stereocenters. The summed E-state index contributed by atoms with van der Waals surface area (Å²) in [6.45, 7) is 4.44. The summed E-state index contributed by atoms with van der Waals surface area (Å²) in [6, 6.07) is 40.7. The van der Waals surface area contributed by atoms with Gasteiger partial charge in [-0.15, -0.1) is 0 Å². The van der Waals surface area contributed by atoms with Crippen molar-refractivity contribution < 1.29 is 18.9 Å². The van der Waals surface area contributed by atoms with Gasteiger partial charge in [0.1, 0.15) is 24.4 Å². The van der Waals surface area contributed by atoms with Crippen LogP contribution in [0.25, 0.3) is 0 Å². The number of ether oxygens (including phenoxy) is 4. The highest BCUT2D eigenvalue weighted by atomic mass is 16.6. The molecule has 1 aliphatic rings. The molecule has 4 aromatic carbocycles. The zero-order valence-electron chi connectivity index (χ0n) is 23.7. The minimum Gasteiger partial charge on any atom is -0.374 e. The van der Waals surface area contributed by atoms with E-state index in [0.717, 1.165) is 34.4 Å². The predicted molar refractivity (Wildman–Crippen MR) is 163 cm³/mol. The van der Waals surface area contributed by atoms with Gasteiger partial charge in [0.25, 0.3) is 0 Å². The van der Waals surface area contributed by atoms with Crippen molar-refractivity contribution in [2.45, 2.75) is 64.1 Å². The van der Waals surface area contributed by atoms with Gasteiger partial charge >= 0.3 is 0 Å². The molecule has 212 valence electrons. The van der Waals surface area contributed by atoms with Crippen molar-refractivity contribution in [2.75, 3.05) is 6.61 Å². The van der Waals surface area contributed by atoms with Crippen LogP contribution in [0.5, 0.6) is 0 Å². The summed E-state index contributed by atoms with van der Waals surface area (Å²) >= 11 is 0. The first-order chi connectivity index (χ1) is 20.3. The van der Waals surface area contributed by atoms with E-state index in [-0.39, 0.29) is 24.4 Å². The quantitative estimate of drug-likeness (QED) is 0.167. The van der Waals surface area contributed by atoms with Crippen molar-refractivity contribution in [1.82, 2.24) is 0 Å². The highest BCUT2D eigenvalue weighted by Gasteiger charge is 2.43. The van der Waals surface area contributed by atoms with Crippen molar-refractivity contribution in [2.24, 2.45) is 4.99 Å². The highest BCUT2D eigenvalue weighted by Crippen LogP contribution is 2.28. The Balaban J connectivity index is 1.41. The molecule has 4 aromatic rings. The number of hydrogen-bond donors (Lipinski definition) is 0. The van der Waals surface area contributed by atoms with Gasteiger partial charge in [-0.05, 0) is 28.7 Å². The molecule has 0 fully saturated rings. The van der Waals surface area contributed by atoms with E-state index < -0.39 is 0 Å². The Hall–Kier alpha value is -3.61. The van der Waals surface area contributed by atoms with Crippen molar-refractivity contribution >= 4 is 5.71 Å². The number of benzene rings is 4. The molecular formula is C36H39NO4. The Morgan fingerprint density at radius 1 is 0.512 bits per heavy atom. The Morgan fingerprint density at radius 2 is 0.927 bits per heavy atom. The second-order valence-electron chi connectivity index (χ2n) is 10.3. The van der Waals surface area contributed by atoms with Gasteiger partial charge in [0.15, 0.2) is 0 Å². The third-order valence-electron chi connectivity index (χ3n) is 7.27. The van der Waals surface area contributed by atoms with Gasteiger partial charge in [0.2, 0.25) is 0 Å². The van der Waals surface area contributed by atoms with Crippen molar-refractivity contribution in [1.29, 1.82) is 0 Å². The summed E-state index contributed by atoms with van der Waals surface area (Å²) in [5.74, 6) is 0. The molecule has 5 rings (SSSR count). The number of nitrogens with zero attached hydrogens (tertiary/aromatic N) is 1. The van der Waals surface area contributed by atoms with Crippen LogP contribution in [0.3, 0.4) is 0 Å². The van der Waals surface area contributed by atoms with Crippen LogP contribution in [0.15, 0.2) is 126 Å². The number of hydrogen-bond acceptors (Lipinski definition) is 5. The molecule has 0 aromatic heterocycles. The van der Waals surface area contributed by atoms with E-state index >= 15 is 0 Å². The van der Waals surface area contributed by atoms with E-state index in [4.69, 9.17) is 23.9 Å². The normalized spacial score (nSPS) is 20.5. The monoisotopic (exact) mass is 549 g/mol. The standard InChI is InChI=1S/C36H39NO4/c1-2-32-34(39-24-29-17-9-4-10-18-29)36(41-26-31-21-13-6-14-22-31)35(40-25-30-19-11-5-12-20-30)33(37-32)27-38-23-28-15-7-3-8-16-28/h3-22,33-36H,2,23-27H2,1H3/t33?,34?,35-,36?/m1/s1. The lowest BCUT2D eigenvalue weighted by atomic mass is 9.92. The molecule has 0 saturated carbocycles. The fraction of sp³-hybridized carbons (Fsp3) is 0.306. The number of rotatable bonds is 14. The van der Waals surface area contributed by atoms with Crippen LogP contribution < -0.4 is 0 Å². The summed E-state index contributed by atoms with van der Waals surface area (Å²) in [5, 5.41) is 0. The molecule has 0 saturated heterocycles. The van der Waals surface area contributed by atoms with Gasteiger partial charge in [-0.2, -0.15) is 0 Å². The summed E-state index contributed by atoms with van der Waals surface area (Å²) < 4.78 is 26.2. The number of aliphatic imine (C=N–C) groups is 1. The van der Waals surface area contributed by atoms with Gasteiger partial charge < -0.3 is 18.9 Å². The molecular weight excluding hydrogens is 510 g/mol. The smallest absolute Gasteiger partial charge is 0.124 e. The van der Waals surface area contributed by atoms with Gasteiger partial charge in [0, 0.05) is 5.71 Å². The Kier molecular flexibility index (Phi) is 10.9. The van der Waals surface area contributed by atoms with E-state index in [1.54, 1.807) is 0 Å². The highest BCUT2D eigenvalue weighted by molar-refractivity contribution is 5.90. The van der Waals surface area contributed by atoms with E-state index in [9.17, 15) is 0 Å². The summed E-state index contributed by atoms with van der Waals surface area (Å²) in [6.07, 6.45) is -0.299. The molecule has 0 bridgehead atoms. The Morgan fingerprint density at radius 3 is 1.39 bits per heavy atom. The summed E-state index contributed by atoms with van der Waals surface area (Å²) in [4.78, 5) is 5.19. The van der Waals surface area contributed by atoms with Gasteiger partial charge in [-0.25, -0.2) is 0 Å². The first-order valence-corrected chi connectivity index (χ1v) is 14.4. The van der Waals surface area contributed by atoms with Crippen molar-refractivity contribution in [3.8, 4) is 0 Å². The fourth-order valence-corrected chi connectivity index (χ4v) is 5.11. The molecule has 3 unspecified atom stereocenters. The second-order valence-corrected chi connectivity index (χ2v) is 10.3.